The molecular weight excluding hydrogens is 579 g/mol. The van der Waals surface area contributed by atoms with E-state index in [-0.39, 0.29) is 6.04 Å². The van der Waals surface area contributed by atoms with Gasteiger partial charge in [0.25, 0.3) is 0 Å². The van der Waals surface area contributed by atoms with E-state index < -0.39 is 8.07 Å². The number of aryl methyl sites for hydroxylation is 1. The molecule has 5 heteroatoms. The third-order valence-electron chi connectivity index (χ3n) is 10.9. The number of nitrogens with zero attached hydrogens (tertiary/aromatic N) is 3. The Hall–Kier alpha value is -4.09. The molecule has 1 fully saturated rings. The molecule has 1 saturated carbocycles. The average Bonchev–Trinajstić information content (AvgIpc) is 3.70. The molecule has 8 rings (SSSR count). The third kappa shape index (κ3) is 4.91. The van der Waals surface area contributed by atoms with Crippen LogP contribution in [0, 0.1) is 5.92 Å². The minimum absolute atomic E-state index is 0.239. The second kappa shape index (κ2) is 11.3. The van der Waals surface area contributed by atoms with Crippen molar-refractivity contribution in [3.05, 3.63) is 114 Å². The van der Waals surface area contributed by atoms with E-state index in [0.29, 0.717) is 11.6 Å². The highest BCUT2D eigenvalue weighted by Crippen LogP contribution is 2.45. The zero-order chi connectivity index (χ0) is 31.6. The molecule has 2 unspecified atom stereocenters. The number of hydrogen-bond acceptors (Lipinski definition) is 3. The van der Waals surface area contributed by atoms with Gasteiger partial charge in [0.1, 0.15) is 5.58 Å². The largest absolute Gasteiger partial charge is 0.437 e. The van der Waals surface area contributed by atoms with Gasteiger partial charge in [0.2, 0.25) is 11.4 Å². The quantitative estimate of drug-likeness (QED) is 0.148. The molecule has 3 aromatic heterocycles. The van der Waals surface area contributed by atoms with E-state index in [1.165, 1.54) is 54.5 Å². The summed E-state index contributed by atoms with van der Waals surface area (Å²) in [6.45, 7) is 16.3. The number of rotatable bonds is 4. The Labute approximate surface area is 273 Å². The number of furan rings is 1. The summed E-state index contributed by atoms with van der Waals surface area (Å²) < 4.78 is 9.07. The number of fused-ring (bicyclic) bond motifs is 11. The van der Waals surface area contributed by atoms with Gasteiger partial charge in [-0.2, -0.15) is 4.57 Å². The molecule has 0 radical (unpaired) electrons. The summed E-state index contributed by atoms with van der Waals surface area (Å²) in [7, 11) is -1.62. The van der Waals surface area contributed by atoms with Gasteiger partial charge in [-0.1, -0.05) is 88.8 Å². The van der Waals surface area contributed by atoms with Crippen LogP contribution < -0.4 is 9.75 Å². The van der Waals surface area contributed by atoms with Gasteiger partial charge in [0, 0.05) is 51.0 Å². The first-order chi connectivity index (χ1) is 22.3. The average molecular weight is 623 g/mol. The fourth-order valence-corrected chi connectivity index (χ4v) is 10.4. The molecule has 4 nitrogen and oxygen atoms in total. The van der Waals surface area contributed by atoms with Crippen LogP contribution in [0.2, 0.25) is 19.6 Å². The van der Waals surface area contributed by atoms with Crippen LogP contribution in [0.4, 0.5) is 0 Å². The summed E-state index contributed by atoms with van der Waals surface area (Å²) >= 11 is 0. The topological polar surface area (TPSA) is 42.3 Å². The fourth-order valence-electron chi connectivity index (χ4n) is 8.69. The van der Waals surface area contributed by atoms with Gasteiger partial charge in [0.15, 0.2) is 12.2 Å². The van der Waals surface area contributed by atoms with Gasteiger partial charge in [-0.15, -0.1) is 0 Å². The predicted octanol–water partition coefficient (Wildman–Crippen LogP) is 9.38. The van der Waals surface area contributed by atoms with Crippen molar-refractivity contribution in [2.75, 3.05) is 0 Å². The van der Waals surface area contributed by atoms with Crippen LogP contribution in [0.15, 0.2) is 101 Å². The van der Waals surface area contributed by atoms with Crippen molar-refractivity contribution in [2.24, 2.45) is 10.9 Å². The van der Waals surface area contributed by atoms with E-state index in [0.717, 1.165) is 58.5 Å². The molecule has 46 heavy (non-hydrogen) atoms. The third-order valence-corrected chi connectivity index (χ3v) is 12.9. The van der Waals surface area contributed by atoms with E-state index in [1.807, 2.05) is 12.1 Å². The van der Waals surface area contributed by atoms with Crippen LogP contribution in [0.5, 0.6) is 0 Å². The zero-order valence-electron chi connectivity index (χ0n) is 27.5. The SMILES string of the molecule is C=C/C1=N/C(=C)CC2C(CCc3ccc4c(oc5ncccc54)c31)c1ccccc1-c1cc(CC3CCCC3)c([Si](C)(C)C)c[n+]12. The zero-order valence-corrected chi connectivity index (χ0v) is 28.5. The molecule has 3 aliphatic rings. The molecule has 2 atom stereocenters. The van der Waals surface area contributed by atoms with E-state index in [9.17, 15) is 0 Å². The minimum atomic E-state index is -1.62. The number of benzene rings is 2. The van der Waals surface area contributed by atoms with Gasteiger partial charge in [-0.05, 0) is 66.1 Å². The summed E-state index contributed by atoms with van der Waals surface area (Å²) in [5.74, 6) is 1.15. The van der Waals surface area contributed by atoms with Gasteiger partial charge in [-0.3, -0.25) is 4.99 Å². The highest BCUT2D eigenvalue weighted by molar-refractivity contribution is 6.89. The Morgan fingerprint density at radius 1 is 1.00 bits per heavy atom. The van der Waals surface area contributed by atoms with E-state index in [4.69, 9.17) is 9.41 Å². The summed E-state index contributed by atoms with van der Waals surface area (Å²) in [5.41, 5.74) is 11.3. The molecule has 2 aromatic carbocycles. The Bertz CT molecular complexity index is 2060. The number of allylic oxidation sites excluding steroid dienone is 2. The second-order valence-corrected chi connectivity index (χ2v) is 19.9. The predicted molar refractivity (Wildman–Crippen MR) is 193 cm³/mol. The van der Waals surface area contributed by atoms with Gasteiger partial charge < -0.3 is 4.42 Å². The first-order valence-corrected chi connectivity index (χ1v) is 20.7. The summed E-state index contributed by atoms with van der Waals surface area (Å²) in [6, 6.07) is 20.5. The smallest absolute Gasteiger partial charge is 0.227 e. The maximum absolute atomic E-state index is 6.43. The lowest BCUT2D eigenvalue weighted by molar-refractivity contribution is -0.717. The Balaban J connectivity index is 1.29. The van der Waals surface area contributed by atoms with E-state index in [2.05, 4.69) is 97.1 Å². The molecule has 0 N–H and O–H groups in total. The molecule has 232 valence electrons. The minimum Gasteiger partial charge on any atom is -0.437 e. The first kappa shape index (κ1) is 29.3. The second-order valence-electron chi connectivity index (χ2n) is 14.8. The maximum atomic E-state index is 6.43. The van der Waals surface area contributed by atoms with Crippen LogP contribution in [-0.4, -0.2) is 18.8 Å². The summed E-state index contributed by atoms with van der Waals surface area (Å²) in [5, 5.41) is 3.71. The highest BCUT2D eigenvalue weighted by Gasteiger charge is 2.42. The Morgan fingerprint density at radius 2 is 1.83 bits per heavy atom. The molecule has 0 amide bonds. The molecule has 0 spiro atoms. The number of hydrogen-bond donors (Lipinski definition) is 0. The fraction of sp³-hybridized carbons (Fsp3) is 0.341. The Kier molecular flexibility index (Phi) is 7.21. The van der Waals surface area contributed by atoms with Crippen LogP contribution in [0.25, 0.3) is 33.3 Å². The van der Waals surface area contributed by atoms with Crippen molar-refractivity contribution in [3.8, 4) is 11.3 Å². The highest BCUT2D eigenvalue weighted by atomic mass is 28.3. The van der Waals surface area contributed by atoms with Crippen molar-refractivity contribution in [2.45, 2.75) is 83.0 Å². The lowest BCUT2D eigenvalue weighted by Crippen LogP contribution is -2.54. The number of aromatic nitrogens is 2. The lowest BCUT2D eigenvalue weighted by Gasteiger charge is -2.33. The van der Waals surface area contributed by atoms with Crippen LogP contribution in [-0.2, 0) is 12.8 Å². The van der Waals surface area contributed by atoms with Crippen molar-refractivity contribution in [1.82, 2.24) is 4.98 Å². The van der Waals surface area contributed by atoms with Gasteiger partial charge >= 0.3 is 0 Å². The van der Waals surface area contributed by atoms with Crippen molar-refractivity contribution < 1.29 is 8.98 Å². The lowest BCUT2D eigenvalue weighted by atomic mass is 9.77. The summed E-state index contributed by atoms with van der Waals surface area (Å²) in [4.78, 5) is 9.73. The van der Waals surface area contributed by atoms with Crippen molar-refractivity contribution >= 4 is 41.0 Å². The standard InChI is InChI=1S/C41H44N3OSi/c1-6-35-39-28(18-20-33-34-16-11-21-42-41(34)45-40(33)39)17-19-32-30-14-9-10-15-31(30)37-24-29(23-27-12-7-8-13-27)38(46(3,4)5)25-44(37)36(32)22-26(2)43-35/h6,9-11,14-16,18,20-21,24-25,27,32,36H,1-2,7-8,12-13,17,19,22-23H2,3-5H3/q+1/b43-35-. The number of aliphatic imine (C=N–C) groups is 1. The Morgan fingerprint density at radius 3 is 2.63 bits per heavy atom. The van der Waals surface area contributed by atoms with Gasteiger partial charge in [-0.25, -0.2) is 4.98 Å². The molecule has 1 aliphatic carbocycles. The maximum Gasteiger partial charge on any atom is 0.227 e. The van der Waals surface area contributed by atoms with Gasteiger partial charge in [0.05, 0.1) is 20.2 Å². The molecule has 5 heterocycles. The van der Waals surface area contributed by atoms with Crippen LogP contribution in [0.1, 0.15) is 72.7 Å². The van der Waals surface area contributed by atoms with E-state index in [1.54, 1.807) is 16.9 Å². The van der Waals surface area contributed by atoms with Crippen LogP contribution in [0.3, 0.4) is 0 Å². The molecule has 0 bridgehead atoms. The summed E-state index contributed by atoms with van der Waals surface area (Å²) in [6.07, 6.45) is 15.7. The van der Waals surface area contributed by atoms with Crippen LogP contribution >= 0.6 is 0 Å². The molecule has 5 aromatic rings. The first-order valence-electron chi connectivity index (χ1n) is 17.2. The molecule has 0 saturated heterocycles. The van der Waals surface area contributed by atoms with E-state index >= 15 is 0 Å². The normalized spacial score (nSPS) is 21.3. The monoisotopic (exact) mass is 622 g/mol. The number of pyridine rings is 2. The molecule has 2 aliphatic heterocycles. The molecular formula is C41H44N3OSi+. The van der Waals surface area contributed by atoms with Crippen molar-refractivity contribution in [1.29, 1.82) is 0 Å². The van der Waals surface area contributed by atoms with Crippen molar-refractivity contribution in [3.63, 3.8) is 0 Å².